The second-order valence-corrected chi connectivity index (χ2v) is 5.03. The molecule has 1 aliphatic rings. The minimum atomic E-state index is -0.777. The summed E-state index contributed by atoms with van der Waals surface area (Å²) < 4.78 is 5.58. The molecule has 2 rings (SSSR count). The van der Waals surface area contributed by atoms with Crippen molar-refractivity contribution in [3.05, 3.63) is 36.4 Å². The summed E-state index contributed by atoms with van der Waals surface area (Å²) in [6.07, 6.45) is 0.362. The monoisotopic (exact) mass is 276 g/mol. The largest absolute Gasteiger partial charge is 0.479 e. The van der Waals surface area contributed by atoms with Gasteiger partial charge in [-0.1, -0.05) is 12.1 Å². The first-order valence-corrected chi connectivity index (χ1v) is 6.62. The van der Waals surface area contributed by atoms with Gasteiger partial charge in [-0.05, 0) is 31.5 Å². The highest BCUT2D eigenvalue weighted by molar-refractivity contribution is 6.00. The SMILES string of the molecule is C=CCN1C(=O)C(C)Oc2ccc(C(O)C(C)N)cc21. The molecule has 0 fully saturated rings. The van der Waals surface area contributed by atoms with E-state index < -0.39 is 12.2 Å². The Hall–Kier alpha value is -1.85. The molecule has 1 amide bonds. The third-order valence-corrected chi connectivity index (χ3v) is 3.34. The van der Waals surface area contributed by atoms with Crippen molar-refractivity contribution < 1.29 is 14.6 Å². The Morgan fingerprint density at radius 1 is 1.60 bits per heavy atom. The lowest BCUT2D eigenvalue weighted by Gasteiger charge is -2.33. The van der Waals surface area contributed by atoms with Crippen molar-refractivity contribution in [1.29, 1.82) is 0 Å². The molecule has 108 valence electrons. The number of anilines is 1. The van der Waals surface area contributed by atoms with Crippen LogP contribution in [-0.2, 0) is 4.79 Å². The van der Waals surface area contributed by atoms with Gasteiger partial charge in [-0.25, -0.2) is 0 Å². The molecular formula is C15H20N2O3. The predicted molar refractivity (Wildman–Crippen MR) is 77.7 cm³/mol. The van der Waals surface area contributed by atoms with Crippen molar-refractivity contribution in [2.75, 3.05) is 11.4 Å². The summed E-state index contributed by atoms with van der Waals surface area (Å²) in [5.74, 6) is 0.504. The van der Waals surface area contributed by atoms with Gasteiger partial charge in [0.05, 0.1) is 11.8 Å². The number of rotatable bonds is 4. The number of ether oxygens (including phenoxy) is 1. The maximum atomic E-state index is 12.2. The van der Waals surface area contributed by atoms with Gasteiger partial charge in [-0.2, -0.15) is 0 Å². The van der Waals surface area contributed by atoms with Gasteiger partial charge >= 0.3 is 0 Å². The van der Waals surface area contributed by atoms with Crippen molar-refractivity contribution in [2.24, 2.45) is 5.73 Å². The highest BCUT2D eigenvalue weighted by atomic mass is 16.5. The highest BCUT2D eigenvalue weighted by Crippen LogP contribution is 2.36. The fourth-order valence-corrected chi connectivity index (χ4v) is 2.23. The molecule has 5 nitrogen and oxygen atoms in total. The van der Waals surface area contributed by atoms with Crippen LogP contribution in [0, 0.1) is 0 Å². The summed E-state index contributed by atoms with van der Waals surface area (Å²) in [7, 11) is 0. The van der Waals surface area contributed by atoms with Crippen LogP contribution >= 0.6 is 0 Å². The number of hydrogen-bond donors (Lipinski definition) is 2. The van der Waals surface area contributed by atoms with Gasteiger partial charge in [0.25, 0.3) is 5.91 Å². The summed E-state index contributed by atoms with van der Waals surface area (Å²) in [5, 5.41) is 10.0. The zero-order valence-electron chi connectivity index (χ0n) is 11.7. The van der Waals surface area contributed by atoms with Crippen LogP contribution in [0.3, 0.4) is 0 Å². The summed E-state index contributed by atoms with van der Waals surface area (Å²) in [6.45, 7) is 7.51. The summed E-state index contributed by atoms with van der Waals surface area (Å²) in [4.78, 5) is 13.8. The first-order chi connectivity index (χ1) is 9.45. The van der Waals surface area contributed by atoms with Crippen molar-refractivity contribution in [3.63, 3.8) is 0 Å². The van der Waals surface area contributed by atoms with E-state index in [0.717, 1.165) is 0 Å². The van der Waals surface area contributed by atoms with Crippen LogP contribution in [0.15, 0.2) is 30.9 Å². The average Bonchev–Trinajstić information content (AvgIpc) is 2.42. The molecular weight excluding hydrogens is 256 g/mol. The van der Waals surface area contributed by atoms with Crippen LogP contribution in [-0.4, -0.2) is 29.7 Å². The van der Waals surface area contributed by atoms with E-state index in [9.17, 15) is 9.90 Å². The molecule has 0 aromatic heterocycles. The zero-order valence-corrected chi connectivity index (χ0v) is 11.7. The van der Waals surface area contributed by atoms with Crippen LogP contribution in [0.25, 0.3) is 0 Å². The van der Waals surface area contributed by atoms with E-state index in [4.69, 9.17) is 10.5 Å². The number of carbonyl (C=O) groups excluding carboxylic acids is 1. The van der Waals surface area contributed by atoms with Crippen molar-refractivity contribution in [1.82, 2.24) is 0 Å². The van der Waals surface area contributed by atoms with Gasteiger partial charge in [0.2, 0.25) is 0 Å². The quantitative estimate of drug-likeness (QED) is 0.814. The Labute approximate surface area is 118 Å². The normalized spacial score (nSPS) is 20.9. The van der Waals surface area contributed by atoms with E-state index in [1.54, 1.807) is 43.0 Å². The van der Waals surface area contributed by atoms with E-state index in [0.29, 0.717) is 23.5 Å². The van der Waals surface area contributed by atoms with Gasteiger partial charge in [-0.3, -0.25) is 4.79 Å². The molecule has 0 radical (unpaired) electrons. The molecule has 0 saturated carbocycles. The minimum Gasteiger partial charge on any atom is -0.479 e. The number of fused-ring (bicyclic) bond motifs is 1. The smallest absolute Gasteiger partial charge is 0.268 e. The van der Waals surface area contributed by atoms with E-state index in [1.807, 2.05) is 0 Å². The molecule has 0 aliphatic carbocycles. The van der Waals surface area contributed by atoms with Crippen molar-refractivity contribution in [2.45, 2.75) is 32.1 Å². The fraction of sp³-hybridized carbons (Fsp3) is 0.400. The lowest BCUT2D eigenvalue weighted by molar-refractivity contribution is -0.125. The van der Waals surface area contributed by atoms with Crippen LogP contribution in [0.4, 0.5) is 5.69 Å². The Morgan fingerprint density at radius 2 is 2.30 bits per heavy atom. The van der Waals surface area contributed by atoms with Gasteiger partial charge in [-0.15, -0.1) is 6.58 Å². The lowest BCUT2D eigenvalue weighted by atomic mass is 10.0. The molecule has 1 aromatic rings. The first-order valence-electron chi connectivity index (χ1n) is 6.62. The number of carbonyl (C=O) groups is 1. The third-order valence-electron chi connectivity index (χ3n) is 3.34. The number of nitrogens with zero attached hydrogens (tertiary/aromatic N) is 1. The Morgan fingerprint density at radius 3 is 2.90 bits per heavy atom. The molecule has 0 saturated heterocycles. The molecule has 20 heavy (non-hydrogen) atoms. The second kappa shape index (κ2) is 5.64. The fourth-order valence-electron chi connectivity index (χ4n) is 2.23. The van der Waals surface area contributed by atoms with E-state index in [1.165, 1.54) is 0 Å². The van der Waals surface area contributed by atoms with E-state index in [2.05, 4.69) is 6.58 Å². The van der Waals surface area contributed by atoms with Crippen LogP contribution in [0.5, 0.6) is 5.75 Å². The predicted octanol–water partition coefficient (Wildman–Crippen LogP) is 1.37. The maximum Gasteiger partial charge on any atom is 0.268 e. The molecule has 1 aliphatic heterocycles. The van der Waals surface area contributed by atoms with Crippen molar-refractivity contribution >= 4 is 11.6 Å². The minimum absolute atomic E-state index is 0.121. The molecule has 1 heterocycles. The molecule has 3 unspecified atom stereocenters. The van der Waals surface area contributed by atoms with Crippen LogP contribution < -0.4 is 15.4 Å². The number of amides is 1. The summed E-state index contributed by atoms with van der Waals surface area (Å²) in [6, 6.07) is 4.88. The Bertz CT molecular complexity index is 528. The number of aliphatic hydroxyl groups excluding tert-OH is 1. The lowest BCUT2D eigenvalue weighted by Crippen LogP contribution is -2.44. The zero-order chi connectivity index (χ0) is 14.9. The molecule has 1 aromatic carbocycles. The van der Waals surface area contributed by atoms with Crippen molar-refractivity contribution in [3.8, 4) is 5.75 Å². The highest BCUT2D eigenvalue weighted by Gasteiger charge is 2.31. The third kappa shape index (κ3) is 2.55. The Kier molecular flexibility index (Phi) is 4.11. The summed E-state index contributed by atoms with van der Waals surface area (Å²) in [5.41, 5.74) is 7.02. The first kappa shape index (κ1) is 14.6. The maximum absolute atomic E-state index is 12.2. The van der Waals surface area contributed by atoms with E-state index in [-0.39, 0.29) is 11.9 Å². The van der Waals surface area contributed by atoms with Gasteiger partial charge in [0.1, 0.15) is 5.75 Å². The summed E-state index contributed by atoms with van der Waals surface area (Å²) >= 11 is 0. The molecule has 0 bridgehead atoms. The second-order valence-electron chi connectivity index (χ2n) is 5.03. The molecule has 0 spiro atoms. The van der Waals surface area contributed by atoms with Crippen LogP contribution in [0.1, 0.15) is 25.5 Å². The van der Waals surface area contributed by atoms with Gasteiger partial charge < -0.3 is 20.5 Å². The molecule has 3 N–H and O–H groups in total. The van der Waals surface area contributed by atoms with Gasteiger partial charge in [0.15, 0.2) is 6.10 Å². The molecule has 3 atom stereocenters. The number of aliphatic hydroxyl groups is 1. The van der Waals surface area contributed by atoms with E-state index >= 15 is 0 Å². The van der Waals surface area contributed by atoms with Crippen LogP contribution in [0.2, 0.25) is 0 Å². The average molecular weight is 276 g/mol. The number of nitrogens with two attached hydrogens (primary N) is 1. The topological polar surface area (TPSA) is 75.8 Å². The molecule has 5 heteroatoms. The number of hydrogen-bond acceptors (Lipinski definition) is 4. The Balaban J connectivity index is 2.44. The number of benzene rings is 1. The standard InChI is InChI=1S/C15H20N2O3/c1-4-7-17-12-8-11(14(18)9(2)16)5-6-13(12)20-10(3)15(17)19/h4-6,8-10,14,18H,1,7,16H2,2-3H3. The van der Waals surface area contributed by atoms with Gasteiger partial charge in [0, 0.05) is 12.6 Å².